The van der Waals surface area contributed by atoms with E-state index < -0.39 is 23.4 Å². The number of ether oxygens (including phenoxy) is 1. The number of hydrogen-bond acceptors (Lipinski definition) is 2. The first-order valence-corrected chi connectivity index (χ1v) is 5.62. The van der Waals surface area contributed by atoms with Gasteiger partial charge in [0.05, 0.1) is 5.92 Å². The average molecular weight is 256 g/mol. The van der Waals surface area contributed by atoms with Crippen LogP contribution in [0.2, 0.25) is 0 Å². The minimum atomic E-state index is -2.59. The fraction of sp³-hybridized carbons (Fsp3) is 0.462. The third-order valence-corrected chi connectivity index (χ3v) is 3.00. The van der Waals surface area contributed by atoms with E-state index >= 15 is 0 Å². The molecule has 0 heterocycles. The first-order valence-electron chi connectivity index (χ1n) is 5.62. The van der Waals surface area contributed by atoms with Gasteiger partial charge in [0.15, 0.2) is 5.60 Å². The molecule has 1 aromatic carbocycles. The van der Waals surface area contributed by atoms with E-state index in [9.17, 15) is 13.6 Å². The van der Waals surface area contributed by atoms with Gasteiger partial charge in [-0.25, -0.2) is 13.6 Å². The van der Waals surface area contributed by atoms with Gasteiger partial charge in [-0.1, -0.05) is 12.1 Å². The van der Waals surface area contributed by atoms with Gasteiger partial charge in [-0.3, -0.25) is 0 Å². The highest BCUT2D eigenvalue weighted by atomic mass is 19.3. The Morgan fingerprint density at radius 3 is 2.28 bits per heavy atom. The van der Waals surface area contributed by atoms with Crippen LogP contribution < -0.4 is 4.74 Å². The predicted molar refractivity (Wildman–Crippen MR) is 61.1 cm³/mol. The Balaban J connectivity index is 2.07. The van der Waals surface area contributed by atoms with Crippen molar-refractivity contribution >= 4 is 5.97 Å². The lowest BCUT2D eigenvalue weighted by molar-refractivity contribution is -0.152. The molecule has 2 rings (SSSR count). The second-order valence-corrected chi connectivity index (χ2v) is 5.00. The number of carboxylic acid groups (broad SMARTS) is 1. The normalized spacial score (nSPS) is 21.4. The summed E-state index contributed by atoms with van der Waals surface area (Å²) in [4.78, 5) is 10.9. The van der Waals surface area contributed by atoms with Crippen LogP contribution in [0.3, 0.4) is 0 Å². The molecule has 1 fully saturated rings. The van der Waals surface area contributed by atoms with Crippen LogP contribution in [0.25, 0.3) is 0 Å². The average Bonchev–Trinajstić information content (AvgIpc) is 2.88. The van der Waals surface area contributed by atoms with Crippen molar-refractivity contribution in [1.29, 1.82) is 0 Å². The lowest BCUT2D eigenvalue weighted by Gasteiger charge is -2.21. The van der Waals surface area contributed by atoms with Crippen molar-refractivity contribution in [3.8, 4) is 5.75 Å². The molecule has 98 valence electrons. The molecule has 0 bridgehead atoms. The summed E-state index contributed by atoms with van der Waals surface area (Å²) in [6.45, 7) is 2.86. The standard InChI is InChI=1S/C13H14F2O3/c1-12(2,11(16)17)18-9-5-3-8(4-6-9)10-7-13(10,14)15/h3-6,10H,7H2,1-2H3,(H,16,17). The molecule has 5 heteroatoms. The second kappa shape index (κ2) is 3.93. The molecule has 0 aromatic heterocycles. The molecule has 0 amide bonds. The summed E-state index contributed by atoms with van der Waals surface area (Å²) in [5.74, 6) is -4.03. The van der Waals surface area contributed by atoms with Crippen LogP contribution in [-0.4, -0.2) is 22.6 Å². The van der Waals surface area contributed by atoms with Crippen LogP contribution >= 0.6 is 0 Å². The highest BCUT2D eigenvalue weighted by Gasteiger charge is 2.57. The summed E-state index contributed by atoms with van der Waals surface area (Å²) in [5, 5.41) is 8.90. The van der Waals surface area contributed by atoms with Gasteiger partial charge in [-0.05, 0) is 31.5 Å². The van der Waals surface area contributed by atoms with Crippen molar-refractivity contribution in [2.24, 2.45) is 0 Å². The van der Waals surface area contributed by atoms with Crippen LogP contribution in [0.5, 0.6) is 5.75 Å². The van der Waals surface area contributed by atoms with Crippen LogP contribution in [0.15, 0.2) is 24.3 Å². The molecular formula is C13H14F2O3. The van der Waals surface area contributed by atoms with Gasteiger partial charge in [0, 0.05) is 6.42 Å². The summed E-state index contributed by atoms with van der Waals surface area (Å²) in [6, 6.07) is 6.15. The van der Waals surface area contributed by atoms with E-state index in [4.69, 9.17) is 9.84 Å². The zero-order valence-electron chi connectivity index (χ0n) is 10.1. The molecule has 0 aliphatic heterocycles. The predicted octanol–water partition coefficient (Wildman–Crippen LogP) is 3.05. The van der Waals surface area contributed by atoms with Crippen LogP contribution in [0, 0.1) is 0 Å². The number of carbonyl (C=O) groups is 1. The van der Waals surface area contributed by atoms with Gasteiger partial charge in [0.2, 0.25) is 0 Å². The van der Waals surface area contributed by atoms with Crippen molar-refractivity contribution < 1.29 is 23.4 Å². The number of aliphatic carboxylic acids is 1. The van der Waals surface area contributed by atoms with Crippen molar-refractivity contribution in [3.05, 3.63) is 29.8 Å². The minimum Gasteiger partial charge on any atom is -0.478 e. The van der Waals surface area contributed by atoms with E-state index in [-0.39, 0.29) is 6.42 Å². The molecule has 0 saturated heterocycles. The SMILES string of the molecule is CC(C)(Oc1ccc(C2CC2(F)F)cc1)C(=O)O. The summed E-state index contributed by atoms with van der Waals surface area (Å²) < 4.78 is 31.0. The highest BCUT2D eigenvalue weighted by Crippen LogP contribution is 2.55. The molecule has 0 spiro atoms. The molecule has 1 atom stereocenters. The van der Waals surface area contributed by atoms with E-state index in [1.54, 1.807) is 12.1 Å². The molecule has 3 nitrogen and oxygen atoms in total. The first-order chi connectivity index (χ1) is 8.22. The second-order valence-electron chi connectivity index (χ2n) is 5.00. The Morgan fingerprint density at radius 1 is 1.39 bits per heavy atom. The third-order valence-electron chi connectivity index (χ3n) is 3.00. The first kappa shape index (κ1) is 12.8. The molecule has 1 saturated carbocycles. The van der Waals surface area contributed by atoms with Crippen molar-refractivity contribution in [2.45, 2.75) is 37.7 Å². The molecule has 1 N–H and O–H groups in total. The highest BCUT2D eigenvalue weighted by molar-refractivity contribution is 5.76. The maximum Gasteiger partial charge on any atom is 0.347 e. The smallest absolute Gasteiger partial charge is 0.347 e. The van der Waals surface area contributed by atoms with Gasteiger partial charge in [-0.15, -0.1) is 0 Å². The summed E-state index contributed by atoms with van der Waals surface area (Å²) in [7, 11) is 0. The fourth-order valence-corrected chi connectivity index (χ4v) is 1.68. The maximum atomic E-state index is 12.9. The van der Waals surface area contributed by atoms with E-state index in [0.717, 1.165) is 0 Å². The maximum absolute atomic E-state index is 12.9. The van der Waals surface area contributed by atoms with E-state index in [1.165, 1.54) is 26.0 Å². The number of rotatable bonds is 4. The summed E-state index contributed by atoms with van der Waals surface area (Å²) >= 11 is 0. The third kappa shape index (κ3) is 2.44. The lowest BCUT2D eigenvalue weighted by Crippen LogP contribution is -2.37. The van der Waals surface area contributed by atoms with Crippen molar-refractivity contribution in [1.82, 2.24) is 0 Å². The Bertz CT molecular complexity index is 466. The quantitative estimate of drug-likeness (QED) is 0.900. The number of halogens is 2. The topological polar surface area (TPSA) is 46.5 Å². The van der Waals surface area contributed by atoms with E-state index in [2.05, 4.69) is 0 Å². The van der Waals surface area contributed by atoms with Crippen LogP contribution in [0.1, 0.15) is 31.7 Å². The number of benzene rings is 1. The number of carboxylic acids is 1. The monoisotopic (exact) mass is 256 g/mol. The van der Waals surface area contributed by atoms with Gasteiger partial charge in [0.1, 0.15) is 5.75 Å². The molecule has 1 aliphatic rings. The Hall–Kier alpha value is -1.65. The molecular weight excluding hydrogens is 242 g/mol. The van der Waals surface area contributed by atoms with Crippen LogP contribution in [-0.2, 0) is 4.79 Å². The zero-order valence-corrected chi connectivity index (χ0v) is 10.1. The molecule has 1 unspecified atom stereocenters. The lowest BCUT2D eigenvalue weighted by atomic mass is 10.1. The largest absolute Gasteiger partial charge is 0.478 e. The van der Waals surface area contributed by atoms with Gasteiger partial charge < -0.3 is 9.84 Å². The molecule has 0 radical (unpaired) electrons. The Morgan fingerprint density at radius 2 is 1.89 bits per heavy atom. The Labute approximate surface area is 103 Å². The molecule has 1 aliphatic carbocycles. The van der Waals surface area contributed by atoms with Crippen molar-refractivity contribution in [3.63, 3.8) is 0 Å². The molecule has 18 heavy (non-hydrogen) atoms. The van der Waals surface area contributed by atoms with E-state index in [1.807, 2.05) is 0 Å². The summed E-state index contributed by atoms with van der Waals surface area (Å²) in [5.41, 5.74) is -0.786. The molecule has 1 aromatic rings. The Kier molecular flexibility index (Phi) is 2.80. The fourth-order valence-electron chi connectivity index (χ4n) is 1.68. The van der Waals surface area contributed by atoms with E-state index in [0.29, 0.717) is 11.3 Å². The zero-order chi connectivity index (χ0) is 13.6. The summed E-state index contributed by atoms with van der Waals surface area (Å²) in [6.07, 6.45) is -0.117. The minimum absolute atomic E-state index is 0.117. The van der Waals surface area contributed by atoms with Gasteiger partial charge >= 0.3 is 5.97 Å². The van der Waals surface area contributed by atoms with Gasteiger partial charge in [0.25, 0.3) is 5.92 Å². The van der Waals surface area contributed by atoms with Gasteiger partial charge in [-0.2, -0.15) is 0 Å². The van der Waals surface area contributed by atoms with Crippen molar-refractivity contribution in [2.75, 3.05) is 0 Å². The number of hydrogen-bond donors (Lipinski definition) is 1. The number of alkyl halides is 2. The van der Waals surface area contributed by atoms with Crippen LogP contribution in [0.4, 0.5) is 8.78 Å².